The van der Waals surface area contributed by atoms with Gasteiger partial charge in [0.25, 0.3) is 5.89 Å². The molecule has 2 aromatic heterocycles. The van der Waals surface area contributed by atoms with Crippen molar-refractivity contribution in [2.45, 2.75) is 38.8 Å². The van der Waals surface area contributed by atoms with Crippen molar-refractivity contribution in [3.8, 4) is 17.3 Å². The van der Waals surface area contributed by atoms with Crippen molar-refractivity contribution >= 4 is 11.9 Å². The van der Waals surface area contributed by atoms with Gasteiger partial charge >= 0.3 is 5.97 Å². The van der Waals surface area contributed by atoms with E-state index in [1.807, 2.05) is 0 Å². The van der Waals surface area contributed by atoms with Crippen molar-refractivity contribution in [1.29, 1.82) is 0 Å². The van der Waals surface area contributed by atoms with Crippen LogP contribution in [-0.2, 0) is 40.1 Å². The zero-order chi connectivity index (χ0) is 22.5. The number of methoxy groups -OCH3 is 2. The number of nitrogens with zero attached hydrogens (tertiary/aromatic N) is 4. The van der Waals surface area contributed by atoms with E-state index in [4.69, 9.17) is 18.6 Å². The van der Waals surface area contributed by atoms with Gasteiger partial charge in [0.05, 0.1) is 20.3 Å². The summed E-state index contributed by atoms with van der Waals surface area (Å²) in [7, 11) is 3.20. The summed E-state index contributed by atoms with van der Waals surface area (Å²) >= 11 is 0. The molecule has 10 heteroatoms. The van der Waals surface area contributed by atoms with E-state index in [-0.39, 0.29) is 30.9 Å². The Balaban J connectivity index is 1.45. The van der Waals surface area contributed by atoms with Gasteiger partial charge in [-0.2, -0.15) is 4.98 Å². The molecule has 1 aromatic carbocycles. The average Bonchev–Trinajstić information content (AvgIpc) is 3.40. The minimum absolute atomic E-state index is 0.0992. The first kappa shape index (κ1) is 21.7. The highest BCUT2D eigenvalue weighted by Crippen LogP contribution is 2.29. The second-order valence-electron chi connectivity index (χ2n) is 7.38. The molecule has 0 bridgehead atoms. The van der Waals surface area contributed by atoms with Gasteiger partial charge in [-0.15, -0.1) is 10.2 Å². The minimum atomic E-state index is -0.433. The van der Waals surface area contributed by atoms with E-state index in [1.54, 1.807) is 20.2 Å². The molecule has 0 fully saturated rings. The Morgan fingerprint density at radius 1 is 1.22 bits per heavy atom. The molecule has 1 aliphatic rings. The number of hydrogen-bond donors (Lipinski definition) is 1. The maximum Gasteiger partial charge on any atom is 0.315 e. The number of esters is 1. The topological polar surface area (TPSA) is 121 Å². The fraction of sp³-hybridized carbons (Fsp3) is 0.409. The lowest BCUT2D eigenvalue weighted by molar-refractivity contribution is -0.142. The third-order valence-corrected chi connectivity index (χ3v) is 5.09. The molecular formula is C22H25N5O5. The molecule has 4 rings (SSSR count). The molecule has 1 atom stereocenters. The lowest BCUT2D eigenvalue weighted by Crippen LogP contribution is -2.21. The number of aromatic nitrogens is 4. The van der Waals surface area contributed by atoms with E-state index in [1.165, 1.54) is 18.2 Å². The van der Waals surface area contributed by atoms with E-state index in [9.17, 15) is 4.79 Å². The normalized spacial score (nSPS) is 14.8. The largest absolute Gasteiger partial charge is 0.480 e. The number of carbonyl (C=O) groups is 1. The molecule has 0 saturated heterocycles. The van der Waals surface area contributed by atoms with E-state index in [0.29, 0.717) is 24.0 Å². The maximum atomic E-state index is 11.6. The third kappa shape index (κ3) is 4.86. The van der Waals surface area contributed by atoms with Crippen molar-refractivity contribution in [3.63, 3.8) is 0 Å². The van der Waals surface area contributed by atoms with E-state index in [0.717, 1.165) is 18.4 Å². The molecule has 0 saturated carbocycles. The second kappa shape index (κ2) is 9.73. The summed E-state index contributed by atoms with van der Waals surface area (Å²) in [5.74, 6) is 0.641. The summed E-state index contributed by atoms with van der Waals surface area (Å²) in [5, 5.41) is 11.2. The van der Waals surface area contributed by atoms with Crippen molar-refractivity contribution in [1.82, 2.24) is 20.2 Å². The highest BCUT2D eigenvalue weighted by atomic mass is 16.5. The first-order valence-electron chi connectivity index (χ1n) is 10.3. The van der Waals surface area contributed by atoms with Crippen LogP contribution in [0.4, 0.5) is 5.95 Å². The molecule has 0 radical (unpaired) electrons. The Bertz CT molecular complexity index is 1100. The molecule has 3 aromatic rings. The Kier molecular flexibility index (Phi) is 6.60. The Hall–Kier alpha value is -3.53. The van der Waals surface area contributed by atoms with Crippen LogP contribution in [0.25, 0.3) is 11.5 Å². The quantitative estimate of drug-likeness (QED) is 0.497. The molecular weight excluding hydrogens is 414 g/mol. The van der Waals surface area contributed by atoms with Crippen LogP contribution in [0.15, 0.2) is 28.8 Å². The standard InChI is InChI=1S/C22H25N5O5/c1-4-31-19(28)10-18-26-27-21(32-18)17-11-23-22(25-20(17)30-3)24-16-8-14-6-5-13(12-29-2)7-15(14)9-16/h5-7,11,16H,4,8-10,12H2,1-3H3,(H,23,24,25). The predicted molar refractivity (Wildman–Crippen MR) is 114 cm³/mol. The first-order chi connectivity index (χ1) is 15.6. The number of hydrogen-bond acceptors (Lipinski definition) is 10. The maximum absolute atomic E-state index is 11.6. The van der Waals surface area contributed by atoms with E-state index in [2.05, 4.69) is 43.7 Å². The zero-order valence-electron chi connectivity index (χ0n) is 18.3. The summed E-state index contributed by atoms with van der Waals surface area (Å²) in [6.07, 6.45) is 3.23. The molecule has 0 amide bonds. The Morgan fingerprint density at radius 3 is 2.84 bits per heavy atom. The fourth-order valence-electron chi connectivity index (χ4n) is 3.72. The van der Waals surface area contributed by atoms with Crippen LogP contribution in [-0.4, -0.2) is 53.0 Å². The number of carbonyl (C=O) groups excluding carboxylic acids is 1. The van der Waals surface area contributed by atoms with Gasteiger partial charge in [0.15, 0.2) is 0 Å². The average molecular weight is 439 g/mol. The molecule has 2 heterocycles. The van der Waals surface area contributed by atoms with Crippen LogP contribution in [0, 0.1) is 0 Å². The number of fused-ring (bicyclic) bond motifs is 1. The van der Waals surface area contributed by atoms with Crippen molar-refractivity contribution in [2.24, 2.45) is 0 Å². The molecule has 0 aliphatic heterocycles. The summed E-state index contributed by atoms with van der Waals surface area (Å²) in [5.41, 5.74) is 4.22. The number of ether oxygens (including phenoxy) is 3. The molecule has 10 nitrogen and oxygen atoms in total. The molecule has 32 heavy (non-hydrogen) atoms. The monoisotopic (exact) mass is 439 g/mol. The number of rotatable bonds is 9. The van der Waals surface area contributed by atoms with Crippen LogP contribution in [0.3, 0.4) is 0 Å². The molecule has 1 aliphatic carbocycles. The molecule has 1 unspecified atom stereocenters. The van der Waals surface area contributed by atoms with Crippen LogP contribution in [0.1, 0.15) is 29.5 Å². The number of nitrogens with one attached hydrogen (secondary N) is 1. The number of anilines is 1. The van der Waals surface area contributed by atoms with Crippen LogP contribution < -0.4 is 10.1 Å². The fourth-order valence-corrected chi connectivity index (χ4v) is 3.72. The van der Waals surface area contributed by atoms with Crippen LogP contribution >= 0.6 is 0 Å². The lowest BCUT2D eigenvalue weighted by atomic mass is 10.1. The van der Waals surface area contributed by atoms with E-state index < -0.39 is 5.97 Å². The first-order valence-corrected chi connectivity index (χ1v) is 10.3. The predicted octanol–water partition coefficient (Wildman–Crippen LogP) is 2.37. The van der Waals surface area contributed by atoms with E-state index >= 15 is 0 Å². The summed E-state index contributed by atoms with van der Waals surface area (Å²) < 4.78 is 21.1. The van der Waals surface area contributed by atoms with Crippen molar-refractivity contribution in [2.75, 3.05) is 26.1 Å². The number of benzene rings is 1. The summed E-state index contributed by atoms with van der Waals surface area (Å²) in [6, 6.07) is 6.62. The third-order valence-electron chi connectivity index (χ3n) is 5.09. The Morgan fingerprint density at radius 2 is 2.06 bits per heavy atom. The highest BCUT2D eigenvalue weighted by molar-refractivity contribution is 5.71. The van der Waals surface area contributed by atoms with Gasteiger partial charge in [0.2, 0.25) is 17.7 Å². The summed E-state index contributed by atoms with van der Waals surface area (Å²) in [6.45, 7) is 2.62. The molecule has 1 N–H and O–H groups in total. The molecule has 168 valence electrons. The van der Waals surface area contributed by atoms with Crippen LogP contribution in [0.2, 0.25) is 0 Å². The summed E-state index contributed by atoms with van der Waals surface area (Å²) in [4.78, 5) is 20.5. The smallest absolute Gasteiger partial charge is 0.315 e. The SMILES string of the molecule is CCOC(=O)Cc1nnc(-c2cnc(NC3Cc4ccc(COC)cc4C3)nc2OC)o1. The van der Waals surface area contributed by atoms with Gasteiger partial charge in [0.1, 0.15) is 12.0 Å². The van der Waals surface area contributed by atoms with Gasteiger partial charge in [-0.05, 0) is 36.5 Å². The lowest BCUT2D eigenvalue weighted by Gasteiger charge is -2.13. The zero-order valence-corrected chi connectivity index (χ0v) is 18.3. The van der Waals surface area contributed by atoms with Crippen LogP contribution in [0.5, 0.6) is 5.88 Å². The van der Waals surface area contributed by atoms with Crippen molar-refractivity contribution in [3.05, 3.63) is 47.0 Å². The second-order valence-corrected chi connectivity index (χ2v) is 7.38. The minimum Gasteiger partial charge on any atom is -0.480 e. The highest BCUT2D eigenvalue weighted by Gasteiger charge is 2.24. The van der Waals surface area contributed by atoms with Crippen molar-refractivity contribution < 1.29 is 23.4 Å². The van der Waals surface area contributed by atoms with Gasteiger partial charge in [-0.25, -0.2) is 4.98 Å². The van der Waals surface area contributed by atoms with Gasteiger partial charge < -0.3 is 23.9 Å². The Labute approximate surface area is 185 Å². The van der Waals surface area contributed by atoms with Gasteiger partial charge in [0, 0.05) is 19.3 Å². The molecule has 0 spiro atoms. The van der Waals surface area contributed by atoms with Gasteiger partial charge in [-0.3, -0.25) is 4.79 Å². The van der Waals surface area contributed by atoms with Gasteiger partial charge in [-0.1, -0.05) is 18.2 Å².